The van der Waals surface area contributed by atoms with Gasteiger partial charge in [-0.05, 0) is 28.8 Å². The Balaban J connectivity index is 1.68. The summed E-state index contributed by atoms with van der Waals surface area (Å²) in [5.41, 5.74) is 2.75. The highest BCUT2D eigenvalue weighted by atomic mass is 16.5. The Bertz CT molecular complexity index is 880. The molecule has 1 aliphatic heterocycles. The first-order chi connectivity index (χ1) is 14.0. The molecule has 0 aromatic heterocycles. The quantitative estimate of drug-likeness (QED) is 0.604. The van der Waals surface area contributed by atoms with E-state index >= 15 is 0 Å². The van der Waals surface area contributed by atoms with Crippen LogP contribution in [-0.2, 0) is 16.0 Å². The van der Waals surface area contributed by atoms with Gasteiger partial charge in [-0.15, -0.1) is 0 Å². The van der Waals surface area contributed by atoms with Gasteiger partial charge in [0.25, 0.3) is 0 Å². The van der Waals surface area contributed by atoms with Crippen molar-refractivity contribution in [3.63, 3.8) is 0 Å². The first-order valence-corrected chi connectivity index (χ1v) is 9.59. The minimum atomic E-state index is -1.04. The van der Waals surface area contributed by atoms with Gasteiger partial charge in [0.2, 0.25) is 0 Å². The van der Waals surface area contributed by atoms with Crippen LogP contribution in [0.1, 0.15) is 17.5 Å². The van der Waals surface area contributed by atoms with Crippen molar-refractivity contribution in [2.24, 2.45) is 11.8 Å². The van der Waals surface area contributed by atoms with Gasteiger partial charge in [0.15, 0.2) is 0 Å². The topological polar surface area (TPSA) is 95.9 Å². The van der Waals surface area contributed by atoms with Gasteiger partial charge in [0, 0.05) is 24.8 Å². The molecule has 1 fully saturated rings. The predicted octanol–water partition coefficient (Wildman–Crippen LogP) is 3.08. The molecule has 2 aromatic carbocycles. The molecule has 29 heavy (non-hydrogen) atoms. The molecule has 3 N–H and O–H groups in total. The van der Waals surface area contributed by atoms with Crippen LogP contribution in [0.5, 0.6) is 5.75 Å². The molecule has 2 aromatic rings. The number of carboxylic acid groups (broad SMARTS) is 2. The zero-order valence-electron chi connectivity index (χ0n) is 16.1. The van der Waals surface area contributed by atoms with E-state index in [4.69, 9.17) is 4.74 Å². The number of carbonyl (C=O) groups is 2. The number of ether oxygens (including phenoxy) is 1. The monoisotopic (exact) mass is 395 g/mol. The molecule has 0 unspecified atom stereocenters. The van der Waals surface area contributed by atoms with Crippen LogP contribution in [0.25, 0.3) is 5.57 Å². The van der Waals surface area contributed by atoms with Crippen LogP contribution < -0.4 is 10.1 Å². The van der Waals surface area contributed by atoms with Gasteiger partial charge in [-0.25, -0.2) is 0 Å². The van der Waals surface area contributed by atoms with E-state index in [-0.39, 0.29) is 12.3 Å². The van der Waals surface area contributed by atoms with Gasteiger partial charge in [-0.2, -0.15) is 0 Å². The molecule has 1 heterocycles. The third kappa shape index (κ3) is 5.23. The second-order valence-corrected chi connectivity index (χ2v) is 7.23. The smallest absolute Gasteiger partial charge is 0.321 e. The third-order valence-electron chi connectivity index (χ3n) is 5.33. The van der Waals surface area contributed by atoms with Crippen molar-refractivity contribution in [3.8, 4) is 5.75 Å². The van der Waals surface area contributed by atoms with Gasteiger partial charge in [-0.3, -0.25) is 9.59 Å². The Morgan fingerprint density at radius 2 is 1.86 bits per heavy atom. The van der Waals surface area contributed by atoms with Crippen LogP contribution in [0.3, 0.4) is 0 Å². The largest absolute Gasteiger partial charge is 0.493 e. The summed E-state index contributed by atoms with van der Waals surface area (Å²) in [5.74, 6) is -2.17. The molecular weight excluding hydrogens is 370 g/mol. The van der Waals surface area contributed by atoms with E-state index < -0.39 is 23.9 Å². The molecule has 6 nitrogen and oxygen atoms in total. The maximum absolute atomic E-state index is 11.5. The summed E-state index contributed by atoms with van der Waals surface area (Å²) in [6.07, 6.45) is 0.570. The Hall–Kier alpha value is -3.12. The fraction of sp³-hybridized carbons (Fsp3) is 0.304. The zero-order valence-corrected chi connectivity index (χ0v) is 16.1. The molecule has 3 atom stereocenters. The summed E-state index contributed by atoms with van der Waals surface area (Å²) in [4.78, 5) is 22.7. The standard InChI is InChI=1S/C23H25NO5/c1-15(20-14-24-22(23(27)28)19(20)13-21(25)26)17-8-5-9-18(12-17)29-11-10-16-6-3-2-4-7-16/h2-9,12,19-20,22,24H,1,10-11,13-14H2,(H,25,26)(H,27,28)/t19-,20+,22-/m0/s1. The Kier molecular flexibility index (Phi) is 6.67. The van der Waals surface area contributed by atoms with Gasteiger partial charge in [0.1, 0.15) is 11.8 Å². The summed E-state index contributed by atoms with van der Waals surface area (Å²) < 4.78 is 5.87. The average Bonchev–Trinajstić information content (AvgIpc) is 3.11. The van der Waals surface area contributed by atoms with E-state index in [1.807, 2.05) is 42.5 Å². The van der Waals surface area contributed by atoms with Crippen molar-refractivity contribution in [1.82, 2.24) is 5.32 Å². The molecule has 0 radical (unpaired) electrons. The molecule has 0 saturated carbocycles. The highest BCUT2D eigenvalue weighted by Crippen LogP contribution is 2.36. The minimum Gasteiger partial charge on any atom is -0.493 e. The maximum atomic E-state index is 11.5. The molecule has 1 saturated heterocycles. The number of rotatable bonds is 9. The van der Waals surface area contributed by atoms with Gasteiger partial charge < -0.3 is 20.3 Å². The van der Waals surface area contributed by atoms with E-state index in [0.717, 1.165) is 17.6 Å². The van der Waals surface area contributed by atoms with Gasteiger partial charge in [0.05, 0.1) is 13.0 Å². The molecule has 1 aliphatic rings. The van der Waals surface area contributed by atoms with Crippen molar-refractivity contribution >= 4 is 17.5 Å². The van der Waals surface area contributed by atoms with E-state index in [1.165, 1.54) is 5.56 Å². The van der Waals surface area contributed by atoms with Crippen LogP contribution in [0, 0.1) is 11.8 Å². The summed E-state index contributed by atoms with van der Waals surface area (Å²) >= 11 is 0. The van der Waals surface area contributed by atoms with Crippen LogP contribution in [0.2, 0.25) is 0 Å². The lowest BCUT2D eigenvalue weighted by Gasteiger charge is -2.22. The number of carboxylic acids is 2. The first-order valence-electron chi connectivity index (χ1n) is 9.59. The van der Waals surface area contributed by atoms with E-state index in [0.29, 0.717) is 18.9 Å². The number of hydrogen-bond donors (Lipinski definition) is 3. The molecule has 0 amide bonds. The molecule has 0 bridgehead atoms. The van der Waals surface area contributed by atoms with Crippen molar-refractivity contribution < 1.29 is 24.5 Å². The zero-order chi connectivity index (χ0) is 20.8. The Morgan fingerprint density at radius 1 is 1.10 bits per heavy atom. The number of aliphatic carboxylic acids is 2. The molecule has 3 rings (SSSR count). The highest BCUT2D eigenvalue weighted by Gasteiger charge is 2.42. The molecule has 152 valence electrons. The van der Waals surface area contributed by atoms with Crippen LogP contribution in [0.4, 0.5) is 0 Å². The van der Waals surface area contributed by atoms with Crippen LogP contribution in [0.15, 0.2) is 61.2 Å². The lowest BCUT2D eigenvalue weighted by molar-refractivity contribution is -0.142. The van der Waals surface area contributed by atoms with Gasteiger partial charge >= 0.3 is 11.9 Å². The second-order valence-electron chi connectivity index (χ2n) is 7.23. The molecular formula is C23H25NO5. The summed E-state index contributed by atoms with van der Waals surface area (Å²) in [6, 6.07) is 16.7. The fourth-order valence-corrected chi connectivity index (χ4v) is 3.83. The fourth-order valence-electron chi connectivity index (χ4n) is 3.83. The summed E-state index contributed by atoms with van der Waals surface area (Å²) in [5, 5.41) is 21.5. The maximum Gasteiger partial charge on any atom is 0.321 e. The normalized spacial score (nSPS) is 20.9. The number of nitrogens with one attached hydrogen (secondary N) is 1. The van der Waals surface area contributed by atoms with Crippen molar-refractivity contribution in [3.05, 3.63) is 72.3 Å². The van der Waals surface area contributed by atoms with Crippen LogP contribution >= 0.6 is 0 Å². The van der Waals surface area contributed by atoms with Crippen molar-refractivity contribution in [1.29, 1.82) is 0 Å². The Morgan fingerprint density at radius 3 is 2.55 bits per heavy atom. The molecule has 6 heteroatoms. The Labute approximate surface area is 169 Å². The summed E-state index contributed by atoms with van der Waals surface area (Å²) in [7, 11) is 0. The molecule has 0 spiro atoms. The third-order valence-corrected chi connectivity index (χ3v) is 5.33. The average molecular weight is 395 g/mol. The molecule has 0 aliphatic carbocycles. The lowest BCUT2D eigenvalue weighted by Crippen LogP contribution is -2.36. The van der Waals surface area contributed by atoms with E-state index in [1.54, 1.807) is 0 Å². The van der Waals surface area contributed by atoms with Crippen LogP contribution in [-0.4, -0.2) is 41.3 Å². The summed E-state index contributed by atoms with van der Waals surface area (Å²) in [6.45, 7) is 5.06. The van der Waals surface area contributed by atoms with E-state index in [9.17, 15) is 19.8 Å². The van der Waals surface area contributed by atoms with E-state index in [2.05, 4.69) is 24.0 Å². The minimum absolute atomic E-state index is 0.221. The number of hydrogen-bond acceptors (Lipinski definition) is 4. The first kappa shape index (κ1) is 20.6. The SMILES string of the molecule is C=C(c1cccc(OCCc2ccccc2)c1)[C@H]1CN[C@H](C(=O)O)[C@H]1CC(=O)O. The predicted molar refractivity (Wildman–Crippen MR) is 110 cm³/mol. The van der Waals surface area contributed by atoms with Crippen molar-refractivity contribution in [2.45, 2.75) is 18.9 Å². The second kappa shape index (κ2) is 9.39. The lowest BCUT2D eigenvalue weighted by atomic mass is 9.81. The van der Waals surface area contributed by atoms with Gasteiger partial charge in [-0.1, -0.05) is 49.0 Å². The number of benzene rings is 2. The highest BCUT2D eigenvalue weighted by molar-refractivity contribution is 5.78. The van der Waals surface area contributed by atoms with Crippen molar-refractivity contribution in [2.75, 3.05) is 13.2 Å².